The lowest BCUT2D eigenvalue weighted by Gasteiger charge is -2.35. The van der Waals surface area contributed by atoms with E-state index in [2.05, 4.69) is 25.7 Å². The van der Waals surface area contributed by atoms with Crippen LogP contribution < -0.4 is 5.73 Å². The lowest BCUT2D eigenvalue weighted by Crippen LogP contribution is -2.50. The summed E-state index contributed by atoms with van der Waals surface area (Å²) in [5.41, 5.74) is 6.11. The van der Waals surface area contributed by atoms with Gasteiger partial charge < -0.3 is 10.5 Å². The second-order valence-electron chi connectivity index (χ2n) is 4.60. The zero-order valence-corrected chi connectivity index (χ0v) is 9.70. The minimum absolute atomic E-state index is 0.198. The summed E-state index contributed by atoms with van der Waals surface area (Å²) in [6.45, 7) is 10.6. The van der Waals surface area contributed by atoms with E-state index in [9.17, 15) is 0 Å². The summed E-state index contributed by atoms with van der Waals surface area (Å²) in [5.74, 6) is 0.658. The van der Waals surface area contributed by atoms with Gasteiger partial charge in [0.1, 0.15) is 0 Å². The van der Waals surface area contributed by atoms with Crippen LogP contribution in [0.1, 0.15) is 27.2 Å². The van der Waals surface area contributed by atoms with Crippen LogP contribution in [-0.4, -0.2) is 43.3 Å². The second-order valence-corrected chi connectivity index (χ2v) is 4.60. The Morgan fingerprint density at radius 1 is 1.50 bits per heavy atom. The van der Waals surface area contributed by atoms with Gasteiger partial charge in [-0.3, -0.25) is 4.90 Å². The Hall–Kier alpha value is -0.120. The van der Waals surface area contributed by atoms with E-state index >= 15 is 0 Å². The third-order valence-corrected chi connectivity index (χ3v) is 2.85. The van der Waals surface area contributed by atoms with Crippen molar-refractivity contribution in [1.82, 2.24) is 4.90 Å². The Balaban J connectivity index is 2.35. The van der Waals surface area contributed by atoms with Crippen LogP contribution in [0.4, 0.5) is 0 Å². The van der Waals surface area contributed by atoms with Crippen molar-refractivity contribution in [2.45, 2.75) is 39.3 Å². The molecule has 84 valence electrons. The van der Waals surface area contributed by atoms with E-state index < -0.39 is 0 Å². The lowest BCUT2D eigenvalue weighted by molar-refractivity contribution is -0.0413. The quantitative estimate of drug-likeness (QED) is 0.738. The predicted molar refractivity (Wildman–Crippen MR) is 59.3 cm³/mol. The third-order valence-electron chi connectivity index (χ3n) is 2.85. The number of rotatable bonds is 4. The van der Waals surface area contributed by atoms with Crippen molar-refractivity contribution in [3.63, 3.8) is 0 Å². The van der Waals surface area contributed by atoms with Gasteiger partial charge in [0.2, 0.25) is 0 Å². The average Bonchev–Trinajstić information content (AvgIpc) is 2.17. The first-order valence-electron chi connectivity index (χ1n) is 5.73. The fourth-order valence-electron chi connectivity index (χ4n) is 1.97. The fourth-order valence-corrected chi connectivity index (χ4v) is 1.97. The number of nitrogens with zero attached hydrogens (tertiary/aromatic N) is 1. The van der Waals surface area contributed by atoms with E-state index in [0.29, 0.717) is 5.92 Å². The lowest BCUT2D eigenvalue weighted by atomic mass is 9.99. The van der Waals surface area contributed by atoms with Gasteiger partial charge in [-0.1, -0.05) is 20.8 Å². The standard InChI is InChI=1S/C11H24N2O/c1-4-13-5-6-14-11(8-13)10(12)7-9(2)3/h9-11H,4-8,12H2,1-3H3. The number of likely N-dealkylation sites (N-methyl/N-ethyl adjacent to an activating group) is 1. The van der Waals surface area contributed by atoms with Crippen molar-refractivity contribution >= 4 is 0 Å². The van der Waals surface area contributed by atoms with Crippen LogP contribution in [0.15, 0.2) is 0 Å². The number of hydrogen-bond acceptors (Lipinski definition) is 3. The largest absolute Gasteiger partial charge is 0.374 e. The van der Waals surface area contributed by atoms with Crippen molar-refractivity contribution in [3.8, 4) is 0 Å². The summed E-state index contributed by atoms with van der Waals surface area (Å²) in [6.07, 6.45) is 1.30. The van der Waals surface area contributed by atoms with E-state index in [4.69, 9.17) is 10.5 Å². The minimum atomic E-state index is 0.198. The molecule has 0 aromatic heterocycles. The summed E-state index contributed by atoms with van der Waals surface area (Å²) in [6, 6.07) is 0.198. The zero-order chi connectivity index (χ0) is 10.6. The molecule has 1 heterocycles. The van der Waals surface area contributed by atoms with Crippen molar-refractivity contribution in [1.29, 1.82) is 0 Å². The SMILES string of the molecule is CCN1CCOC(C(N)CC(C)C)C1. The van der Waals surface area contributed by atoms with Gasteiger partial charge in [0.15, 0.2) is 0 Å². The number of ether oxygens (including phenoxy) is 1. The average molecular weight is 200 g/mol. The molecule has 0 aromatic rings. The van der Waals surface area contributed by atoms with Gasteiger partial charge in [-0.2, -0.15) is 0 Å². The highest BCUT2D eigenvalue weighted by Crippen LogP contribution is 2.13. The molecule has 0 spiro atoms. The van der Waals surface area contributed by atoms with Crippen LogP contribution in [0.5, 0.6) is 0 Å². The summed E-state index contributed by atoms with van der Waals surface area (Å²) >= 11 is 0. The molecule has 2 atom stereocenters. The molecule has 0 amide bonds. The van der Waals surface area contributed by atoms with Crippen LogP contribution in [0.2, 0.25) is 0 Å². The van der Waals surface area contributed by atoms with Crippen molar-refractivity contribution < 1.29 is 4.74 Å². The molecule has 1 aliphatic heterocycles. The molecule has 0 bridgehead atoms. The monoisotopic (exact) mass is 200 g/mol. The first-order chi connectivity index (χ1) is 6.63. The maximum Gasteiger partial charge on any atom is 0.0853 e. The molecule has 0 aromatic carbocycles. The topological polar surface area (TPSA) is 38.5 Å². The fraction of sp³-hybridized carbons (Fsp3) is 1.00. The molecule has 1 aliphatic rings. The number of morpholine rings is 1. The Morgan fingerprint density at radius 3 is 2.79 bits per heavy atom. The van der Waals surface area contributed by atoms with Crippen LogP contribution in [-0.2, 0) is 4.74 Å². The molecule has 2 N–H and O–H groups in total. The Bertz CT molecular complexity index is 161. The molecular formula is C11H24N2O. The number of nitrogens with two attached hydrogens (primary N) is 1. The maximum atomic E-state index is 6.11. The van der Waals surface area contributed by atoms with Crippen molar-refractivity contribution in [3.05, 3.63) is 0 Å². The van der Waals surface area contributed by atoms with Gasteiger partial charge in [0, 0.05) is 19.1 Å². The van der Waals surface area contributed by atoms with Crippen LogP contribution >= 0.6 is 0 Å². The van der Waals surface area contributed by atoms with Gasteiger partial charge in [-0.25, -0.2) is 0 Å². The summed E-state index contributed by atoms with van der Waals surface area (Å²) in [4.78, 5) is 2.41. The van der Waals surface area contributed by atoms with Gasteiger partial charge in [0.05, 0.1) is 12.7 Å². The minimum Gasteiger partial charge on any atom is -0.374 e. The van der Waals surface area contributed by atoms with E-state index in [1.54, 1.807) is 0 Å². The van der Waals surface area contributed by atoms with Crippen LogP contribution in [0, 0.1) is 5.92 Å². The van der Waals surface area contributed by atoms with Crippen LogP contribution in [0.25, 0.3) is 0 Å². The predicted octanol–water partition coefficient (Wildman–Crippen LogP) is 1.08. The molecule has 14 heavy (non-hydrogen) atoms. The first-order valence-corrected chi connectivity index (χ1v) is 5.73. The molecule has 3 nitrogen and oxygen atoms in total. The summed E-state index contributed by atoms with van der Waals surface area (Å²) in [5, 5.41) is 0. The zero-order valence-electron chi connectivity index (χ0n) is 9.70. The molecule has 3 heteroatoms. The molecule has 2 unspecified atom stereocenters. The van der Waals surface area contributed by atoms with E-state index in [-0.39, 0.29) is 12.1 Å². The third kappa shape index (κ3) is 3.56. The van der Waals surface area contributed by atoms with Gasteiger partial charge in [0.25, 0.3) is 0 Å². The van der Waals surface area contributed by atoms with E-state index in [1.165, 1.54) is 0 Å². The number of hydrogen-bond donors (Lipinski definition) is 1. The first kappa shape index (κ1) is 12.0. The molecule has 0 aliphatic carbocycles. The summed E-state index contributed by atoms with van der Waals surface area (Å²) < 4.78 is 5.71. The molecular weight excluding hydrogens is 176 g/mol. The Labute approximate surface area is 87.6 Å². The van der Waals surface area contributed by atoms with Crippen molar-refractivity contribution in [2.24, 2.45) is 11.7 Å². The molecule has 1 rings (SSSR count). The van der Waals surface area contributed by atoms with Gasteiger partial charge in [-0.15, -0.1) is 0 Å². The van der Waals surface area contributed by atoms with E-state index in [1.807, 2.05) is 0 Å². The van der Waals surface area contributed by atoms with Gasteiger partial charge >= 0.3 is 0 Å². The van der Waals surface area contributed by atoms with Crippen LogP contribution in [0.3, 0.4) is 0 Å². The molecule has 1 saturated heterocycles. The van der Waals surface area contributed by atoms with Crippen molar-refractivity contribution in [2.75, 3.05) is 26.2 Å². The Kier molecular flexibility index (Phi) is 4.85. The normalized spacial score (nSPS) is 26.8. The highest BCUT2D eigenvalue weighted by atomic mass is 16.5. The highest BCUT2D eigenvalue weighted by molar-refractivity contribution is 4.80. The van der Waals surface area contributed by atoms with Gasteiger partial charge in [-0.05, 0) is 18.9 Å². The molecule has 1 fully saturated rings. The molecule has 0 radical (unpaired) electrons. The second kappa shape index (κ2) is 5.69. The maximum absolute atomic E-state index is 6.11. The Morgan fingerprint density at radius 2 is 2.21 bits per heavy atom. The summed E-state index contributed by atoms with van der Waals surface area (Å²) in [7, 11) is 0. The highest BCUT2D eigenvalue weighted by Gasteiger charge is 2.25. The van der Waals surface area contributed by atoms with E-state index in [0.717, 1.165) is 32.7 Å². The smallest absolute Gasteiger partial charge is 0.0853 e. The molecule has 0 saturated carbocycles.